The molecule has 0 saturated heterocycles. The second kappa shape index (κ2) is 7.44. The normalized spacial score (nSPS) is 13.4. The van der Waals surface area contributed by atoms with E-state index >= 15 is 0 Å². The largest absolute Gasteiger partial charge is 0.325 e. The maximum absolute atomic E-state index is 12.8. The van der Waals surface area contributed by atoms with Crippen LogP contribution in [-0.2, 0) is 25.8 Å². The van der Waals surface area contributed by atoms with Crippen LogP contribution in [0.1, 0.15) is 18.1 Å². The lowest BCUT2D eigenvalue weighted by Gasteiger charge is -2.16. The maximum Gasteiger partial charge on any atom is 0.239 e. The molecule has 142 valence electrons. The van der Waals surface area contributed by atoms with Crippen molar-refractivity contribution in [1.82, 2.24) is 0 Å². The molecule has 0 fully saturated rings. The van der Waals surface area contributed by atoms with Gasteiger partial charge in [-0.2, -0.15) is 0 Å². The molecule has 2 aromatic rings. The smallest absolute Gasteiger partial charge is 0.239 e. The van der Waals surface area contributed by atoms with Crippen LogP contribution in [0.25, 0.3) is 0 Å². The number of anilines is 2. The van der Waals surface area contributed by atoms with Crippen LogP contribution in [0, 0.1) is 6.92 Å². The summed E-state index contributed by atoms with van der Waals surface area (Å²) in [6.45, 7) is 3.85. The van der Waals surface area contributed by atoms with Gasteiger partial charge in [0, 0.05) is 29.3 Å². The summed E-state index contributed by atoms with van der Waals surface area (Å²) < 4.78 is 26.0. The number of carbonyl (C=O) groups is 2. The molecule has 0 aromatic heterocycles. The van der Waals surface area contributed by atoms with Crippen molar-refractivity contribution in [3.8, 4) is 0 Å². The van der Waals surface area contributed by atoms with Gasteiger partial charge in [-0.05, 0) is 64.7 Å². The average Bonchev–Trinajstić information content (AvgIpc) is 2.96. The number of halogens is 1. The summed E-state index contributed by atoms with van der Waals surface area (Å²) in [7, 11) is -3.89. The lowest BCUT2D eigenvalue weighted by Crippen LogP contribution is -2.26. The van der Waals surface area contributed by atoms with E-state index in [1.807, 2.05) is 13.0 Å². The minimum absolute atomic E-state index is 0.00814. The van der Waals surface area contributed by atoms with Gasteiger partial charge in [0.2, 0.25) is 11.8 Å². The molecule has 3 rings (SSSR count). The van der Waals surface area contributed by atoms with Crippen molar-refractivity contribution in [3.05, 3.63) is 52.0 Å². The van der Waals surface area contributed by atoms with Crippen molar-refractivity contribution in [2.24, 2.45) is 0 Å². The number of hydrogen-bond donors (Lipinski definition) is 1. The molecule has 0 saturated carbocycles. The van der Waals surface area contributed by atoms with Crippen molar-refractivity contribution < 1.29 is 18.0 Å². The second-order valence-electron chi connectivity index (χ2n) is 6.51. The number of amides is 2. The molecule has 27 heavy (non-hydrogen) atoms. The first kappa shape index (κ1) is 19.6. The molecule has 1 N–H and O–H groups in total. The summed E-state index contributed by atoms with van der Waals surface area (Å²) in [6.07, 6.45) is 0.668. The van der Waals surface area contributed by atoms with Gasteiger partial charge in [-0.3, -0.25) is 9.59 Å². The Balaban J connectivity index is 1.86. The quantitative estimate of drug-likeness (QED) is 0.775. The van der Waals surface area contributed by atoms with Crippen molar-refractivity contribution in [3.63, 3.8) is 0 Å². The van der Waals surface area contributed by atoms with Gasteiger partial charge in [0.05, 0.1) is 4.90 Å². The lowest BCUT2D eigenvalue weighted by molar-refractivity contribution is -0.116. The maximum atomic E-state index is 12.8. The first-order chi connectivity index (χ1) is 12.7. The second-order valence-corrected chi connectivity index (χ2v) is 9.32. The topological polar surface area (TPSA) is 83.6 Å². The highest BCUT2D eigenvalue weighted by molar-refractivity contribution is 9.10. The zero-order chi connectivity index (χ0) is 19.8. The highest BCUT2D eigenvalue weighted by atomic mass is 79.9. The van der Waals surface area contributed by atoms with Crippen molar-refractivity contribution in [2.75, 3.05) is 22.5 Å². The molecule has 0 aliphatic carbocycles. The Morgan fingerprint density at radius 2 is 1.96 bits per heavy atom. The van der Waals surface area contributed by atoms with Crippen LogP contribution in [0.4, 0.5) is 11.4 Å². The van der Waals surface area contributed by atoms with E-state index in [1.165, 1.54) is 13.0 Å². The Morgan fingerprint density at radius 1 is 1.22 bits per heavy atom. The lowest BCUT2D eigenvalue weighted by atomic mass is 10.2. The molecule has 0 radical (unpaired) electrons. The third-order valence-electron chi connectivity index (χ3n) is 4.37. The van der Waals surface area contributed by atoms with Crippen LogP contribution in [-0.4, -0.2) is 32.5 Å². The van der Waals surface area contributed by atoms with E-state index in [0.29, 0.717) is 28.8 Å². The van der Waals surface area contributed by atoms with Crippen LogP contribution in [0.3, 0.4) is 0 Å². The monoisotopic (exact) mass is 450 g/mol. The third-order valence-corrected chi connectivity index (χ3v) is 6.94. The SMILES string of the molecule is CC(=O)N1CCc2cc(Br)c(S(=O)(=O)CC(=O)Nc3cccc(C)c3)cc21. The summed E-state index contributed by atoms with van der Waals surface area (Å²) in [5.41, 5.74) is 3.00. The Labute approximate surface area is 166 Å². The standard InChI is InChI=1S/C19H19BrN2O4S/c1-12-4-3-5-15(8-12)21-19(24)11-27(25,26)18-10-17-14(9-16(18)20)6-7-22(17)13(2)23/h3-5,8-10H,6-7,11H2,1-2H3,(H,21,24). The molecule has 1 aliphatic rings. The summed E-state index contributed by atoms with van der Waals surface area (Å²) in [5.74, 6) is -1.44. The first-order valence-corrected chi connectivity index (χ1v) is 10.8. The van der Waals surface area contributed by atoms with Crippen molar-refractivity contribution >= 4 is 49.0 Å². The molecule has 0 bridgehead atoms. The van der Waals surface area contributed by atoms with Gasteiger partial charge in [0.1, 0.15) is 5.75 Å². The molecule has 1 aliphatic heterocycles. The number of rotatable bonds is 4. The summed E-state index contributed by atoms with van der Waals surface area (Å²) >= 11 is 3.29. The van der Waals surface area contributed by atoms with Crippen LogP contribution < -0.4 is 10.2 Å². The molecule has 1 heterocycles. The van der Waals surface area contributed by atoms with Gasteiger partial charge < -0.3 is 10.2 Å². The van der Waals surface area contributed by atoms with E-state index in [9.17, 15) is 18.0 Å². The summed E-state index contributed by atoms with van der Waals surface area (Å²) in [5, 5.41) is 2.61. The fraction of sp³-hybridized carbons (Fsp3) is 0.263. The fourth-order valence-corrected chi connectivity index (χ4v) is 5.47. The molecule has 2 amide bonds. The van der Waals surface area contributed by atoms with Crippen LogP contribution in [0.5, 0.6) is 0 Å². The summed E-state index contributed by atoms with van der Waals surface area (Å²) in [6, 6.07) is 10.3. The van der Waals surface area contributed by atoms with E-state index in [1.54, 1.807) is 29.2 Å². The van der Waals surface area contributed by atoms with Crippen LogP contribution in [0.15, 0.2) is 45.8 Å². The third kappa shape index (κ3) is 4.22. The molecular formula is C19H19BrN2O4S. The minimum atomic E-state index is -3.89. The number of aryl methyl sites for hydroxylation is 1. The minimum Gasteiger partial charge on any atom is -0.325 e. The van der Waals surface area contributed by atoms with E-state index in [2.05, 4.69) is 21.2 Å². The van der Waals surface area contributed by atoms with Gasteiger partial charge in [0.15, 0.2) is 9.84 Å². The predicted molar refractivity (Wildman–Crippen MR) is 108 cm³/mol. The molecule has 0 unspecified atom stereocenters. The predicted octanol–water partition coefficient (Wildman–Crippen LogP) is 3.08. The Bertz CT molecular complexity index is 1030. The van der Waals surface area contributed by atoms with Gasteiger partial charge >= 0.3 is 0 Å². The van der Waals surface area contributed by atoms with E-state index in [0.717, 1.165) is 11.1 Å². The number of nitrogens with one attached hydrogen (secondary N) is 1. The molecule has 8 heteroatoms. The fourth-order valence-electron chi connectivity index (χ4n) is 3.12. The van der Waals surface area contributed by atoms with Crippen molar-refractivity contribution in [2.45, 2.75) is 25.2 Å². The zero-order valence-corrected chi connectivity index (χ0v) is 17.4. The number of sulfone groups is 1. The molecule has 0 spiro atoms. The van der Waals surface area contributed by atoms with E-state index in [-0.39, 0.29) is 10.8 Å². The summed E-state index contributed by atoms with van der Waals surface area (Å²) in [4.78, 5) is 25.6. The Hall–Kier alpha value is -2.19. The van der Waals surface area contributed by atoms with Crippen LogP contribution in [0.2, 0.25) is 0 Å². The number of nitrogens with zero attached hydrogens (tertiary/aromatic N) is 1. The highest BCUT2D eigenvalue weighted by Crippen LogP contribution is 2.35. The molecule has 2 aromatic carbocycles. The molecular weight excluding hydrogens is 432 g/mol. The van der Waals surface area contributed by atoms with Crippen LogP contribution >= 0.6 is 15.9 Å². The Kier molecular flexibility index (Phi) is 5.39. The van der Waals surface area contributed by atoms with Gasteiger partial charge in [-0.1, -0.05) is 12.1 Å². The Morgan fingerprint density at radius 3 is 2.63 bits per heavy atom. The highest BCUT2D eigenvalue weighted by Gasteiger charge is 2.28. The number of hydrogen-bond acceptors (Lipinski definition) is 4. The van der Waals surface area contributed by atoms with Gasteiger partial charge in [-0.15, -0.1) is 0 Å². The number of fused-ring (bicyclic) bond motifs is 1. The molecule has 0 atom stereocenters. The molecule has 6 nitrogen and oxygen atoms in total. The van der Waals surface area contributed by atoms with E-state index < -0.39 is 21.5 Å². The number of carbonyl (C=O) groups excluding carboxylic acids is 2. The van der Waals surface area contributed by atoms with E-state index in [4.69, 9.17) is 0 Å². The van der Waals surface area contributed by atoms with Gasteiger partial charge in [0.25, 0.3) is 0 Å². The number of benzene rings is 2. The first-order valence-electron chi connectivity index (χ1n) is 8.37. The average molecular weight is 451 g/mol. The van der Waals surface area contributed by atoms with Gasteiger partial charge in [-0.25, -0.2) is 8.42 Å². The zero-order valence-electron chi connectivity index (χ0n) is 15.0. The van der Waals surface area contributed by atoms with Crippen molar-refractivity contribution in [1.29, 1.82) is 0 Å².